The molecule has 0 saturated heterocycles. The van der Waals surface area contributed by atoms with E-state index in [0.29, 0.717) is 4.47 Å². The van der Waals surface area contributed by atoms with Gasteiger partial charge in [-0.3, -0.25) is 4.79 Å². The fourth-order valence-electron chi connectivity index (χ4n) is 2.08. The molecule has 0 aliphatic carbocycles. The Morgan fingerprint density at radius 2 is 1.68 bits per heavy atom. The molecule has 0 unspecified atom stereocenters. The zero-order valence-electron chi connectivity index (χ0n) is 13.2. The lowest BCUT2D eigenvalue weighted by molar-refractivity contribution is -0.116. The van der Waals surface area contributed by atoms with Gasteiger partial charge in [0.05, 0.1) is 11.4 Å². The second-order valence-electron chi connectivity index (χ2n) is 5.03. The van der Waals surface area contributed by atoms with Gasteiger partial charge in [0.1, 0.15) is 17.3 Å². The van der Waals surface area contributed by atoms with Crippen LogP contribution in [-0.2, 0) is 14.8 Å². The third-order valence-electron chi connectivity index (χ3n) is 3.35. The average Bonchev–Trinajstić information content (AvgIpc) is 2.56. The molecule has 1 N–H and O–H groups in total. The molecule has 9 heteroatoms. The number of sulfonamides is 1. The molecule has 0 aliphatic rings. The highest BCUT2D eigenvalue weighted by atomic mass is 79.9. The van der Waals surface area contributed by atoms with E-state index in [1.807, 2.05) is 0 Å². The van der Waals surface area contributed by atoms with Gasteiger partial charge in [-0.1, -0.05) is 28.9 Å². The van der Waals surface area contributed by atoms with Crippen LogP contribution >= 0.6 is 15.9 Å². The number of likely N-dealkylation sites (N-methyl/N-ethyl adjacent to an activating group) is 1. The van der Waals surface area contributed by atoms with E-state index in [1.54, 1.807) is 19.1 Å². The van der Waals surface area contributed by atoms with Crippen LogP contribution in [0.4, 0.5) is 14.5 Å². The molecule has 0 saturated carbocycles. The zero-order valence-corrected chi connectivity index (χ0v) is 15.6. The number of carbonyl (C=O) groups excluding carboxylic acids is 1. The lowest BCUT2D eigenvalue weighted by Crippen LogP contribution is -2.38. The van der Waals surface area contributed by atoms with Crippen molar-refractivity contribution in [1.29, 1.82) is 0 Å². The van der Waals surface area contributed by atoms with Crippen LogP contribution in [0.25, 0.3) is 0 Å². The van der Waals surface area contributed by atoms with Crippen molar-refractivity contribution in [1.82, 2.24) is 4.31 Å². The number of hydrogen-bond acceptors (Lipinski definition) is 3. The SMILES string of the molecule is CCN(CC(=O)Nc1c(F)cccc1F)S(=O)(=O)c1ccc(Br)cc1. The molecule has 0 heterocycles. The summed E-state index contributed by atoms with van der Waals surface area (Å²) in [5.41, 5.74) is -0.607. The predicted octanol–water partition coefficient (Wildman–Crippen LogP) is 3.38. The highest BCUT2D eigenvalue weighted by molar-refractivity contribution is 9.10. The Morgan fingerprint density at radius 1 is 1.12 bits per heavy atom. The smallest absolute Gasteiger partial charge is 0.243 e. The normalized spacial score (nSPS) is 11.6. The van der Waals surface area contributed by atoms with Crippen LogP contribution in [0.2, 0.25) is 0 Å². The van der Waals surface area contributed by atoms with E-state index in [2.05, 4.69) is 21.2 Å². The minimum atomic E-state index is -3.91. The van der Waals surface area contributed by atoms with E-state index in [1.165, 1.54) is 12.1 Å². The van der Waals surface area contributed by atoms with E-state index in [-0.39, 0.29) is 11.4 Å². The van der Waals surface area contributed by atoms with Crippen LogP contribution in [0.1, 0.15) is 6.92 Å². The first-order chi connectivity index (χ1) is 11.8. The van der Waals surface area contributed by atoms with Crippen molar-refractivity contribution < 1.29 is 22.0 Å². The molecule has 5 nitrogen and oxygen atoms in total. The molecule has 2 aromatic rings. The maximum Gasteiger partial charge on any atom is 0.243 e. The zero-order chi connectivity index (χ0) is 18.6. The van der Waals surface area contributed by atoms with E-state index in [0.717, 1.165) is 22.5 Å². The Labute approximate surface area is 152 Å². The lowest BCUT2D eigenvalue weighted by Gasteiger charge is -2.20. The van der Waals surface area contributed by atoms with Crippen molar-refractivity contribution in [3.63, 3.8) is 0 Å². The number of nitrogens with zero attached hydrogens (tertiary/aromatic N) is 1. The van der Waals surface area contributed by atoms with Crippen molar-refractivity contribution >= 4 is 37.5 Å². The molecule has 2 aromatic carbocycles. The summed E-state index contributed by atoms with van der Waals surface area (Å²) >= 11 is 3.21. The first-order valence-electron chi connectivity index (χ1n) is 7.25. The minimum Gasteiger partial charge on any atom is -0.320 e. The summed E-state index contributed by atoms with van der Waals surface area (Å²) in [5, 5.41) is 2.07. The highest BCUT2D eigenvalue weighted by Gasteiger charge is 2.25. The van der Waals surface area contributed by atoms with Crippen LogP contribution < -0.4 is 5.32 Å². The molecule has 1 amide bonds. The summed E-state index contributed by atoms with van der Waals surface area (Å²) in [7, 11) is -3.91. The third-order valence-corrected chi connectivity index (χ3v) is 5.81. The van der Waals surface area contributed by atoms with Crippen LogP contribution in [0, 0.1) is 11.6 Å². The Hall–Kier alpha value is -1.84. The van der Waals surface area contributed by atoms with Gasteiger partial charge in [-0.15, -0.1) is 0 Å². The minimum absolute atomic E-state index is 0.0161. The van der Waals surface area contributed by atoms with E-state index in [4.69, 9.17) is 0 Å². The summed E-state index contributed by atoms with van der Waals surface area (Å²) < 4.78 is 53.9. The number of anilines is 1. The molecule has 0 bridgehead atoms. The molecule has 0 atom stereocenters. The summed E-state index contributed by atoms with van der Waals surface area (Å²) in [6.45, 7) is 1.02. The maximum atomic E-state index is 13.6. The molecule has 0 aromatic heterocycles. The molecule has 25 heavy (non-hydrogen) atoms. The fourth-order valence-corrected chi connectivity index (χ4v) is 3.75. The number of nitrogens with one attached hydrogen (secondary N) is 1. The van der Waals surface area contributed by atoms with Gasteiger partial charge < -0.3 is 5.32 Å². The molecule has 134 valence electrons. The van der Waals surface area contributed by atoms with Crippen LogP contribution in [-0.4, -0.2) is 31.7 Å². The van der Waals surface area contributed by atoms with E-state index < -0.39 is 39.8 Å². The monoisotopic (exact) mass is 432 g/mol. The van der Waals surface area contributed by atoms with Gasteiger partial charge in [0.15, 0.2) is 0 Å². The third kappa shape index (κ3) is 4.62. The summed E-state index contributed by atoms with van der Waals surface area (Å²) in [6, 6.07) is 9.08. The van der Waals surface area contributed by atoms with Crippen molar-refractivity contribution in [2.45, 2.75) is 11.8 Å². The Morgan fingerprint density at radius 3 is 2.20 bits per heavy atom. The summed E-state index contributed by atoms with van der Waals surface area (Å²) in [4.78, 5) is 12.1. The number of hydrogen-bond donors (Lipinski definition) is 1. The molecule has 0 spiro atoms. The molecule has 0 aliphatic heterocycles. The molecular formula is C16H15BrF2N2O3S. The Kier molecular flexibility index (Phi) is 6.26. The van der Waals surface area contributed by atoms with E-state index >= 15 is 0 Å². The second-order valence-corrected chi connectivity index (χ2v) is 7.88. The quantitative estimate of drug-likeness (QED) is 0.760. The first-order valence-corrected chi connectivity index (χ1v) is 9.48. The average molecular weight is 433 g/mol. The van der Waals surface area contributed by atoms with Gasteiger partial charge in [-0.2, -0.15) is 4.31 Å². The number of para-hydroxylation sites is 1. The number of benzene rings is 2. The summed E-state index contributed by atoms with van der Waals surface area (Å²) in [6.07, 6.45) is 0. The van der Waals surface area contributed by atoms with Crippen LogP contribution in [0.3, 0.4) is 0 Å². The molecule has 0 radical (unpaired) electrons. The molecule has 2 rings (SSSR count). The predicted molar refractivity (Wildman–Crippen MR) is 93.6 cm³/mol. The molecular weight excluding hydrogens is 418 g/mol. The fraction of sp³-hybridized carbons (Fsp3) is 0.188. The van der Waals surface area contributed by atoms with Crippen molar-refractivity contribution in [3.05, 3.63) is 58.6 Å². The van der Waals surface area contributed by atoms with Gasteiger partial charge in [0.2, 0.25) is 15.9 Å². The van der Waals surface area contributed by atoms with Gasteiger partial charge in [-0.05, 0) is 36.4 Å². The number of rotatable bonds is 6. The number of carbonyl (C=O) groups is 1. The van der Waals surface area contributed by atoms with Crippen LogP contribution in [0.5, 0.6) is 0 Å². The van der Waals surface area contributed by atoms with E-state index in [9.17, 15) is 22.0 Å². The maximum absolute atomic E-state index is 13.6. The lowest BCUT2D eigenvalue weighted by atomic mass is 10.3. The Balaban J connectivity index is 2.18. The van der Waals surface area contributed by atoms with Gasteiger partial charge in [-0.25, -0.2) is 17.2 Å². The largest absolute Gasteiger partial charge is 0.320 e. The van der Waals surface area contributed by atoms with Crippen LogP contribution in [0.15, 0.2) is 51.8 Å². The topological polar surface area (TPSA) is 66.5 Å². The van der Waals surface area contributed by atoms with Crippen molar-refractivity contribution in [2.24, 2.45) is 0 Å². The molecule has 0 fully saturated rings. The standard InChI is InChI=1S/C16H15BrF2N2O3S/c1-2-21(25(23,24)12-8-6-11(17)7-9-12)10-15(22)20-16-13(18)4-3-5-14(16)19/h3-9H,2,10H2,1H3,(H,20,22). The highest BCUT2D eigenvalue weighted by Crippen LogP contribution is 2.20. The van der Waals surface area contributed by atoms with Crippen molar-refractivity contribution in [2.75, 3.05) is 18.4 Å². The summed E-state index contributed by atoms with van der Waals surface area (Å²) in [5.74, 6) is -2.72. The second kappa shape index (κ2) is 8.03. The van der Waals surface area contributed by atoms with Crippen molar-refractivity contribution in [3.8, 4) is 0 Å². The Bertz CT molecular complexity index is 853. The van der Waals surface area contributed by atoms with Gasteiger partial charge in [0, 0.05) is 11.0 Å². The number of halogens is 3. The van der Waals surface area contributed by atoms with Gasteiger partial charge in [0.25, 0.3) is 0 Å². The van der Waals surface area contributed by atoms with Gasteiger partial charge >= 0.3 is 0 Å². The number of amides is 1. The first kappa shape index (κ1) is 19.5.